The Kier molecular flexibility index (Phi) is 7.85. The number of Topliss-reactive ketones (excluding diaryl/α,β-unsaturated/α-hetero) is 1. The summed E-state index contributed by atoms with van der Waals surface area (Å²) in [6, 6.07) is 0. The summed E-state index contributed by atoms with van der Waals surface area (Å²) >= 11 is 0. The Morgan fingerprint density at radius 1 is 1.33 bits per heavy atom. The third kappa shape index (κ3) is 5.73. The van der Waals surface area contributed by atoms with E-state index in [9.17, 15) is 14.7 Å². The molecule has 2 atom stereocenters. The minimum atomic E-state index is -0.702. The van der Waals surface area contributed by atoms with Gasteiger partial charge in [-0.1, -0.05) is 20.8 Å². The summed E-state index contributed by atoms with van der Waals surface area (Å²) in [4.78, 5) is 24.6. The van der Waals surface area contributed by atoms with E-state index in [-0.39, 0.29) is 30.1 Å². The van der Waals surface area contributed by atoms with Crippen LogP contribution in [0.2, 0.25) is 0 Å². The van der Waals surface area contributed by atoms with E-state index < -0.39 is 6.23 Å². The van der Waals surface area contributed by atoms with Crippen molar-refractivity contribution in [2.24, 2.45) is 11.8 Å². The molecule has 2 unspecified atom stereocenters. The lowest BCUT2D eigenvalue weighted by Crippen LogP contribution is -2.37. The number of carbonyl (C=O) groups is 2. The largest absolute Gasteiger partial charge is 0.377 e. The molecule has 122 valence electrons. The van der Waals surface area contributed by atoms with Crippen molar-refractivity contribution in [3.05, 3.63) is 0 Å². The molecule has 0 aromatic carbocycles. The van der Waals surface area contributed by atoms with Gasteiger partial charge in [-0.25, -0.2) is 0 Å². The predicted molar refractivity (Wildman–Crippen MR) is 77.6 cm³/mol. The molecule has 0 spiro atoms. The normalized spacial score (nSPS) is 22.3. The maximum absolute atomic E-state index is 12.1. The van der Waals surface area contributed by atoms with Crippen molar-refractivity contribution in [3.8, 4) is 0 Å². The SMILES string of the molecule is CCC(=O)COCCOCCN1C(=O)C(C(C)C)CC1O. The number of ketones is 1. The Morgan fingerprint density at radius 3 is 2.57 bits per heavy atom. The number of nitrogens with zero attached hydrogens (tertiary/aromatic N) is 1. The third-order valence-corrected chi connectivity index (χ3v) is 3.74. The molecule has 1 aliphatic heterocycles. The van der Waals surface area contributed by atoms with E-state index >= 15 is 0 Å². The van der Waals surface area contributed by atoms with Crippen LogP contribution in [0.25, 0.3) is 0 Å². The van der Waals surface area contributed by atoms with Crippen LogP contribution in [-0.4, -0.2) is 60.9 Å². The number of hydrogen-bond donors (Lipinski definition) is 1. The lowest BCUT2D eigenvalue weighted by molar-refractivity contribution is -0.137. The van der Waals surface area contributed by atoms with Crippen molar-refractivity contribution in [3.63, 3.8) is 0 Å². The fourth-order valence-corrected chi connectivity index (χ4v) is 2.30. The summed E-state index contributed by atoms with van der Waals surface area (Å²) in [5.74, 6) is 0.220. The fourth-order valence-electron chi connectivity index (χ4n) is 2.30. The number of likely N-dealkylation sites (tertiary alicyclic amines) is 1. The second kappa shape index (κ2) is 9.12. The van der Waals surface area contributed by atoms with E-state index in [1.807, 2.05) is 13.8 Å². The molecule has 6 nitrogen and oxygen atoms in total. The number of ether oxygens (including phenoxy) is 2. The zero-order chi connectivity index (χ0) is 15.8. The van der Waals surface area contributed by atoms with Gasteiger partial charge in [0.1, 0.15) is 12.8 Å². The lowest BCUT2D eigenvalue weighted by Gasteiger charge is -2.20. The van der Waals surface area contributed by atoms with Crippen LogP contribution in [0, 0.1) is 11.8 Å². The first kappa shape index (κ1) is 18.1. The Morgan fingerprint density at radius 2 is 2.00 bits per heavy atom. The van der Waals surface area contributed by atoms with Gasteiger partial charge < -0.3 is 19.5 Å². The first-order chi connectivity index (χ1) is 9.97. The van der Waals surface area contributed by atoms with Gasteiger partial charge in [0.25, 0.3) is 0 Å². The molecule has 1 saturated heterocycles. The topological polar surface area (TPSA) is 76.1 Å². The van der Waals surface area contributed by atoms with Crippen molar-refractivity contribution in [1.29, 1.82) is 0 Å². The summed E-state index contributed by atoms with van der Waals surface area (Å²) in [5, 5.41) is 9.89. The summed E-state index contributed by atoms with van der Waals surface area (Å²) in [6.45, 7) is 7.38. The van der Waals surface area contributed by atoms with Crippen LogP contribution in [0.4, 0.5) is 0 Å². The molecule has 21 heavy (non-hydrogen) atoms. The highest BCUT2D eigenvalue weighted by molar-refractivity contribution is 5.81. The van der Waals surface area contributed by atoms with Crippen LogP contribution in [0.15, 0.2) is 0 Å². The van der Waals surface area contributed by atoms with Crippen LogP contribution in [0.3, 0.4) is 0 Å². The van der Waals surface area contributed by atoms with Crippen LogP contribution < -0.4 is 0 Å². The number of carbonyl (C=O) groups excluding carboxylic acids is 2. The highest BCUT2D eigenvalue weighted by atomic mass is 16.5. The average molecular weight is 301 g/mol. The van der Waals surface area contributed by atoms with Crippen LogP contribution >= 0.6 is 0 Å². The molecule has 0 bridgehead atoms. The van der Waals surface area contributed by atoms with Crippen LogP contribution in [0.1, 0.15) is 33.6 Å². The van der Waals surface area contributed by atoms with Crippen LogP contribution in [-0.2, 0) is 19.1 Å². The van der Waals surface area contributed by atoms with Gasteiger partial charge >= 0.3 is 0 Å². The molecule has 6 heteroatoms. The molecular weight excluding hydrogens is 274 g/mol. The summed E-state index contributed by atoms with van der Waals surface area (Å²) in [7, 11) is 0. The predicted octanol–water partition coefficient (Wildman–Crippen LogP) is 0.822. The maximum Gasteiger partial charge on any atom is 0.228 e. The molecule has 0 aliphatic carbocycles. The molecule has 1 fully saturated rings. The molecule has 0 aromatic heterocycles. The van der Waals surface area contributed by atoms with Gasteiger partial charge in [-0.3, -0.25) is 9.59 Å². The molecule has 1 rings (SSSR count). The van der Waals surface area contributed by atoms with E-state index in [2.05, 4.69) is 0 Å². The molecule has 1 N–H and O–H groups in total. The van der Waals surface area contributed by atoms with Crippen molar-refractivity contribution in [2.45, 2.75) is 39.8 Å². The van der Waals surface area contributed by atoms with E-state index in [0.29, 0.717) is 39.2 Å². The number of aliphatic hydroxyl groups is 1. The Hall–Kier alpha value is -0.980. The molecule has 1 aliphatic rings. The molecule has 0 saturated carbocycles. The van der Waals surface area contributed by atoms with Crippen LogP contribution in [0.5, 0.6) is 0 Å². The number of amides is 1. The Labute approximate surface area is 126 Å². The van der Waals surface area contributed by atoms with Crippen molar-refractivity contribution in [1.82, 2.24) is 4.90 Å². The summed E-state index contributed by atoms with van der Waals surface area (Å²) < 4.78 is 10.5. The Balaban J connectivity index is 2.13. The van der Waals surface area contributed by atoms with Gasteiger partial charge in [0.05, 0.1) is 19.8 Å². The quantitative estimate of drug-likeness (QED) is 0.605. The second-order valence-electron chi connectivity index (χ2n) is 5.66. The summed E-state index contributed by atoms with van der Waals surface area (Å²) in [6.07, 6.45) is 0.276. The maximum atomic E-state index is 12.1. The van der Waals surface area contributed by atoms with Gasteiger partial charge in [-0.05, 0) is 5.92 Å². The van der Waals surface area contributed by atoms with E-state index in [4.69, 9.17) is 9.47 Å². The van der Waals surface area contributed by atoms with E-state index in [0.717, 1.165) is 0 Å². The lowest BCUT2D eigenvalue weighted by atomic mass is 9.94. The van der Waals surface area contributed by atoms with Gasteiger partial charge in [0.2, 0.25) is 5.91 Å². The average Bonchev–Trinajstić information content (AvgIpc) is 2.73. The van der Waals surface area contributed by atoms with Gasteiger partial charge in [0, 0.05) is 25.3 Å². The third-order valence-electron chi connectivity index (χ3n) is 3.74. The van der Waals surface area contributed by atoms with E-state index in [1.54, 1.807) is 6.92 Å². The number of rotatable bonds is 10. The van der Waals surface area contributed by atoms with Gasteiger partial charge in [-0.2, -0.15) is 0 Å². The molecular formula is C15H27NO5. The first-order valence-electron chi connectivity index (χ1n) is 7.63. The first-order valence-corrected chi connectivity index (χ1v) is 7.63. The van der Waals surface area contributed by atoms with Crippen molar-refractivity contribution >= 4 is 11.7 Å². The smallest absolute Gasteiger partial charge is 0.228 e. The molecule has 0 aromatic rings. The zero-order valence-electron chi connectivity index (χ0n) is 13.2. The molecule has 1 heterocycles. The van der Waals surface area contributed by atoms with Gasteiger partial charge in [0.15, 0.2) is 5.78 Å². The Bertz CT molecular complexity index is 345. The molecule has 1 amide bonds. The summed E-state index contributed by atoms with van der Waals surface area (Å²) in [5.41, 5.74) is 0. The highest BCUT2D eigenvalue weighted by Crippen LogP contribution is 2.28. The minimum Gasteiger partial charge on any atom is -0.377 e. The minimum absolute atomic E-state index is 0.00546. The van der Waals surface area contributed by atoms with Crippen molar-refractivity contribution in [2.75, 3.05) is 33.0 Å². The fraction of sp³-hybridized carbons (Fsp3) is 0.867. The second-order valence-corrected chi connectivity index (χ2v) is 5.66. The molecule has 0 radical (unpaired) electrons. The van der Waals surface area contributed by atoms with Gasteiger partial charge in [-0.15, -0.1) is 0 Å². The number of hydrogen-bond acceptors (Lipinski definition) is 5. The highest BCUT2D eigenvalue weighted by Gasteiger charge is 2.39. The van der Waals surface area contributed by atoms with E-state index in [1.165, 1.54) is 4.90 Å². The standard InChI is InChI=1S/C15H27NO5/c1-4-12(17)10-21-8-7-20-6-5-16-14(18)9-13(11(2)3)15(16)19/h11,13-14,18H,4-10H2,1-3H3. The number of aliphatic hydroxyl groups excluding tert-OH is 1. The zero-order valence-corrected chi connectivity index (χ0v) is 13.2. The monoisotopic (exact) mass is 301 g/mol. The van der Waals surface area contributed by atoms with Crippen molar-refractivity contribution < 1.29 is 24.2 Å².